The third-order valence-electron chi connectivity index (χ3n) is 3.03. The summed E-state index contributed by atoms with van der Waals surface area (Å²) in [6, 6.07) is 6.50. The summed E-state index contributed by atoms with van der Waals surface area (Å²) in [6.45, 7) is 0.221. The fraction of sp³-hybridized carbons (Fsp3) is 0.429. The van der Waals surface area contributed by atoms with E-state index in [1.54, 1.807) is 24.5 Å². The number of carbonyl (C=O) groups is 2. The van der Waals surface area contributed by atoms with Gasteiger partial charge >= 0.3 is 5.97 Å². The van der Waals surface area contributed by atoms with Crippen LogP contribution in [0.5, 0.6) is 0 Å². The number of esters is 1. The molecule has 7 heteroatoms. The van der Waals surface area contributed by atoms with Crippen LogP contribution in [0.15, 0.2) is 24.3 Å². The Morgan fingerprint density at radius 3 is 3.00 bits per heavy atom. The molecule has 0 saturated carbocycles. The van der Waals surface area contributed by atoms with Crippen molar-refractivity contribution in [2.75, 3.05) is 12.0 Å². The van der Waals surface area contributed by atoms with Crippen molar-refractivity contribution in [2.45, 2.75) is 25.5 Å². The Balaban J connectivity index is 1.83. The van der Waals surface area contributed by atoms with Gasteiger partial charge in [-0.15, -0.1) is 0 Å². The molecular formula is C14H17NO5S. The van der Waals surface area contributed by atoms with Crippen LogP contribution in [0.3, 0.4) is 0 Å². The molecule has 1 fully saturated rings. The first-order chi connectivity index (χ1) is 10.1. The summed E-state index contributed by atoms with van der Waals surface area (Å²) < 4.78 is 21.5. The van der Waals surface area contributed by atoms with Crippen LogP contribution in [-0.4, -0.2) is 40.9 Å². The van der Waals surface area contributed by atoms with Crippen molar-refractivity contribution in [1.82, 2.24) is 5.32 Å². The van der Waals surface area contributed by atoms with Crippen LogP contribution in [0.1, 0.15) is 22.3 Å². The Labute approximate surface area is 125 Å². The monoisotopic (exact) mass is 311 g/mol. The molecule has 0 bridgehead atoms. The molecule has 1 saturated heterocycles. The minimum Gasteiger partial charge on any atom is -0.420 e. The molecule has 21 heavy (non-hydrogen) atoms. The lowest BCUT2D eigenvalue weighted by Gasteiger charge is -2.11. The highest BCUT2D eigenvalue weighted by Gasteiger charge is 2.33. The van der Waals surface area contributed by atoms with E-state index in [1.807, 2.05) is 6.07 Å². The molecule has 1 heterocycles. The molecule has 1 aromatic carbocycles. The molecule has 1 aliphatic heterocycles. The van der Waals surface area contributed by atoms with E-state index in [4.69, 9.17) is 9.47 Å². The lowest BCUT2D eigenvalue weighted by Crippen LogP contribution is -2.34. The van der Waals surface area contributed by atoms with Gasteiger partial charge in [0.2, 0.25) is 0 Å². The van der Waals surface area contributed by atoms with E-state index in [2.05, 4.69) is 5.32 Å². The molecule has 2 rings (SSSR count). The van der Waals surface area contributed by atoms with E-state index in [9.17, 15) is 13.8 Å². The van der Waals surface area contributed by atoms with E-state index >= 15 is 0 Å². The van der Waals surface area contributed by atoms with Crippen LogP contribution in [0, 0.1) is 0 Å². The number of cyclic esters (lactones) is 1. The van der Waals surface area contributed by atoms with Gasteiger partial charge < -0.3 is 9.47 Å². The Bertz CT molecular complexity index is 548. The largest absolute Gasteiger partial charge is 0.420 e. The summed E-state index contributed by atoms with van der Waals surface area (Å²) in [5.74, 6) is 0.0352. The van der Waals surface area contributed by atoms with Crippen LogP contribution in [0.4, 0.5) is 0 Å². The molecule has 0 aliphatic carbocycles. The van der Waals surface area contributed by atoms with Crippen molar-refractivity contribution in [3.8, 4) is 0 Å². The molecule has 1 N–H and O–H groups in total. The predicted octanol–water partition coefficient (Wildman–Crippen LogP) is 0.583. The summed E-state index contributed by atoms with van der Waals surface area (Å²) in [5.41, 5.74) is 1.38. The van der Waals surface area contributed by atoms with Gasteiger partial charge in [0, 0.05) is 28.4 Å². The van der Waals surface area contributed by atoms with Gasteiger partial charge in [-0.1, -0.05) is 18.2 Å². The van der Waals surface area contributed by atoms with Crippen molar-refractivity contribution in [1.29, 1.82) is 0 Å². The van der Waals surface area contributed by atoms with Gasteiger partial charge in [-0.05, 0) is 18.1 Å². The summed E-state index contributed by atoms with van der Waals surface area (Å²) >= 11 is 0. The Kier molecular flexibility index (Phi) is 5.60. The van der Waals surface area contributed by atoms with Gasteiger partial charge in [0.25, 0.3) is 6.41 Å². The second-order valence-electron chi connectivity index (χ2n) is 4.73. The quantitative estimate of drug-likeness (QED) is 0.586. The lowest BCUT2D eigenvalue weighted by atomic mass is 10.1. The number of rotatable bonds is 7. The van der Waals surface area contributed by atoms with Crippen LogP contribution in [-0.2, 0) is 31.7 Å². The highest BCUT2D eigenvalue weighted by atomic mass is 32.2. The van der Waals surface area contributed by atoms with E-state index < -0.39 is 29.2 Å². The van der Waals surface area contributed by atoms with Crippen LogP contribution < -0.4 is 5.32 Å². The van der Waals surface area contributed by atoms with Crippen molar-refractivity contribution in [3.63, 3.8) is 0 Å². The molecule has 6 nitrogen and oxygen atoms in total. The second kappa shape index (κ2) is 7.44. The fourth-order valence-electron chi connectivity index (χ4n) is 1.95. The number of benzene rings is 1. The zero-order valence-electron chi connectivity index (χ0n) is 11.6. The molecule has 0 radical (unpaired) electrons. The molecular weight excluding hydrogens is 294 g/mol. The zero-order valence-corrected chi connectivity index (χ0v) is 12.4. The minimum atomic E-state index is -0.947. The van der Waals surface area contributed by atoms with Gasteiger partial charge in [-0.25, -0.2) is 5.32 Å². The predicted molar refractivity (Wildman–Crippen MR) is 77.0 cm³/mol. The SMILES string of the molecule is CS(=O)CCC1NC(OCc2cccc(C=O)c2)OC1=O. The normalized spacial score (nSPS) is 22.8. The van der Waals surface area contributed by atoms with E-state index in [1.165, 1.54) is 0 Å². The van der Waals surface area contributed by atoms with Gasteiger partial charge in [-0.3, -0.25) is 13.8 Å². The van der Waals surface area contributed by atoms with Crippen LogP contribution in [0.2, 0.25) is 0 Å². The molecule has 3 atom stereocenters. The van der Waals surface area contributed by atoms with Crippen molar-refractivity contribution >= 4 is 23.1 Å². The third kappa shape index (κ3) is 4.73. The summed E-state index contributed by atoms with van der Waals surface area (Å²) in [5, 5.41) is 2.90. The molecule has 0 aromatic heterocycles. The molecule has 1 aliphatic rings. The van der Waals surface area contributed by atoms with Gasteiger partial charge in [0.15, 0.2) is 0 Å². The van der Waals surface area contributed by atoms with Crippen molar-refractivity contribution in [2.24, 2.45) is 0 Å². The van der Waals surface area contributed by atoms with Gasteiger partial charge in [0.1, 0.15) is 12.3 Å². The Morgan fingerprint density at radius 2 is 2.29 bits per heavy atom. The maximum atomic E-state index is 11.6. The van der Waals surface area contributed by atoms with E-state index in [-0.39, 0.29) is 6.61 Å². The van der Waals surface area contributed by atoms with Crippen molar-refractivity contribution in [3.05, 3.63) is 35.4 Å². The minimum absolute atomic E-state index is 0.221. The molecule has 0 amide bonds. The van der Waals surface area contributed by atoms with Gasteiger partial charge in [-0.2, -0.15) is 0 Å². The zero-order chi connectivity index (χ0) is 15.2. The number of ether oxygens (including phenoxy) is 2. The summed E-state index contributed by atoms with van der Waals surface area (Å²) in [6.07, 6.45) is 1.99. The topological polar surface area (TPSA) is 81.7 Å². The van der Waals surface area contributed by atoms with Crippen molar-refractivity contribution < 1.29 is 23.3 Å². The van der Waals surface area contributed by atoms with Crippen LogP contribution >= 0.6 is 0 Å². The van der Waals surface area contributed by atoms with E-state index in [0.29, 0.717) is 17.7 Å². The summed E-state index contributed by atoms with van der Waals surface area (Å²) in [4.78, 5) is 22.3. The number of nitrogens with one attached hydrogen (secondary N) is 1. The highest BCUT2D eigenvalue weighted by molar-refractivity contribution is 7.84. The maximum Gasteiger partial charge on any atom is 0.326 e. The first-order valence-electron chi connectivity index (χ1n) is 6.51. The van der Waals surface area contributed by atoms with Gasteiger partial charge in [0.05, 0.1) is 6.61 Å². The fourth-order valence-corrected chi connectivity index (χ4v) is 2.52. The lowest BCUT2D eigenvalue weighted by molar-refractivity contribution is -0.167. The number of hydrogen-bond acceptors (Lipinski definition) is 6. The smallest absolute Gasteiger partial charge is 0.326 e. The summed E-state index contributed by atoms with van der Waals surface area (Å²) in [7, 11) is -0.947. The third-order valence-corrected chi connectivity index (χ3v) is 3.84. The van der Waals surface area contributed by atoms with E-state index in [0.717, 1.165) is 11.8 Å². The average Bonchev–Trinajstić information content (AvgIpc) is 2.83. The maximum absolute atomic E-state index is 11.6. The molecule has 3 unspecified atom stereocenters. The first kappa shape index (κ1) is 15.8. The number of carbonyl (C=O) groups excluding carboxylic acids is 2. The Morgan fingerprint density at radius 1 is 1.48 bits per heavy atom. The number of aldehydes is 1. The van der Waals surface area contributed by atoms with Crippen LogP contribution in [0.25, 0.3) is 0 Å². The average molecular weight is 311 g/mol. The molecule has 1 aromatic rings. The standard InChI is InChI=1S/C14H17NO5S/c1-21(18)6-5-12-13(17)20-14(15-12)19-9-11-4-2-3-10(7-11)8-16/h2-4,7-8,12,14-15H,5-6,9H2,1H3. The highest BCUT2D eigenvalue weighted by Crippen LogP contribution is 2.13. The molecule has 0 spiro atoms. The Hall–Kier alpha value is -1.57. The second-order valence-corrected chi connectivity index (χ2v) is 6.28. The molecule has 114 valence electrons. The first-order valence-corrected chi connectivity index (χ1v) is 8.23. The number of hydrogen-bond donors (Lipinski definition) is 1.